The number of hydrogen-bond donors (Lipinski definition) is 1. The second kappa shape index (κ2) is 9.64. The Morgan fingerprint density at radius 3 is 2.78 bits per heavy atom. The van der Waals surface area contributed by atoms with E-state index in [1.807, 2.05) is 42.5 Å². The maximum atomic E-state index is 13.1. The van der Waals surface area contributed by atoms with Gasteiger partial charge in [0.25, 0.3) is 5.56 Å². The molecule has 0 aliphatic carbocycles. The first-order chi connectivity index (χ1) is 15.6. The fourth-order valence-corrected chi connectivity index (χ4v) is 5.02. The second-order valence-corrected chi connectivity index (χ2v) is 8.80. The number of anilines is 1. The lowest BCUT2D eigenvalue weighted by Gasteiger charge is -2.10. The van der Waals surface area contributed by atoms with Crippen LogP contribution in [-0.4, -0.2) is 21.2 Å². The molecule has 4 rings (SSSR count). The molecule has 0 unspecified atom stereocenters. The number of thioether (sulfide) groups is 1. The van der Waals surface area contributed by atoms with Crippen LogP contribution in [0, 0.1) is 11.3 Å². The third kappa shape index (κ3) is 4.64. The quantitative estimate of drug-likeness (QED) is 0.241. The minimum atomic E-state index is -0.249. The highest BCUT2D eigenvalue weighted by Gasteiger charge is 2.16. The van der Waals surface area contributed by atoms with E-state index in [1.54, 1.807) is 30.3 Å². The molecule has 0 aliphatic rings. The van der Waals surface area contributed by atoms with Crippen LogP contribution in [0.1, 0.15) is 5.56 Å². The summed E-state index contributed by atoms with van der Waals surface area (Å²) in [4.78, 5) is 31.9. The van der Waals surface area contributed by atoms with Crippen LogP contribution >= 0.6 is 23.1 Å². The van der Waals surface area contributed by atoms with Crippen molar-refractivity contribution in [3.63, 3.8) is 0 Å². The van der Waals surface area contributed by atoms with Crippen LogP contribution in [0.3, 0.4) is 0 Å². The van der Waals surface area contributed by atoms with Crippen molar-refractivity contribution in [2.45, 2.75) is 11.7 Å². The fraction of sp³-hybridized carbons (Fsp3) is 0.0833. The predicted molar refractivity (Wildman–Crippen MR) is 130 cm³/mol. The Balaban J connectivity index is 1.60. The number of aromatic nitrogens is 2. The smallest absolute Gasteiger partial charge is 0.263 e. The lowest BCUT2D eigenvalue weighted by molar-refractivity contribution is -0.113. The van der Waals surface area contributed by atoms with E-state index in [-0.39, 0.29) is 17.2 Å². The van der Waals surface area contributed by atoms with Gasteiger partial charge in [0, 0.05) is 17.1 Å². The Morgan fingerprint density at radius 1 is 1.22 bits per heavy atom. The minimum Gasteiger partial charge on any atom is -0.325 e. The van der Waals surface area contributed by atoms with Crippen molar-refractivity contribution in [3.8, 4) is 16.5 Å². The van der Waals surface area contributed by atoms with Crippen LogP contribution in [0.15, 0.2) is 83.3 Å². The number of carbonyl (C=O) groups excluding carboxylic acids is 1. The Kier molecular flexibility index (Phi) is 6.50. The Bertz CT molecular complexity index is 1400. The molecular weight excluding hydrogens is 440 g/mol. The van der Waals surface area contributed by atoms with E-state index in [1.165, 1.54) is 27.7 Å². The first kappa shape index (κ1) is 21.6. The van der Waals surface area contributed by atoms with E-state index in [9.17, 15) is 9.59 Å². The maximum absolute atomic E-state index is 13.1. The average molecular weight is 459 g/mol. The van der Waals surface area contributed by atoms with Crippen molar-refractivity contribution in [2.24, 2.45) is 0 Å². The van der Waals surface area contributed by atoms with Crippen molar-refractivity contribution in [2.75, 3.05) is 11.1 Å². The molecule has 0 bridgehead atoms. The van der Waals surface area contributed by atoms with Crippen LogP contribution in [0.4, 0.5) is 5.69 Å². The summed E-state index contributed by atoms with van der Waals surface area (Å²) >= 11 is 2.64. The fourth-order valence-electron chi connectivity index (χ4n) is 3.14. The number of hydrogen-bond acceptors (Lipinski definition) is 6. The molecule has 158 valence electrons. The Hall–Kier alpha value is -3.67. The zero-order chi connectivity index (χ0) is 22.5. The van der Waals surface area contributed by atoms with Gasteiger partial charge in [0.05, 0.1) is 22.8 Å². The molecule has 1 amide bonds. The third-order valence-electron chi connectivity index (χ3n) is 4.59. The molecule has 1 N–H and O–H groups in total. The molecule has 0 saturated heterocycles. The molecule has 0 atom stereocenters. The summed E-state index contributed by atoms with van der Waals surface area (Å²) in [5, 5.41) is 12.8. The highest BCUT2D eigenvalue weighted by Crippen LogP contribution is 2.32. The number of amides is 1. The molecule has 0 radical (unpaired) electrons. The van der Waals surface area contributed by atoms with Crippen molar-refractivity contribution in [3.05, 3.63) is 89.2 Å². The van der Waals surface area contributed by atoms with Gasteiger partial charge in [0.15, 0.2) is 5.16 Å². The SMILES string of the molecule is C=CCn1c(SCC(=O)Nc2cccc(C#N)c2)nc2sc(-c3ccccc3)cc2c1=O. The van der Waals surface area contributed by atoms with Gasteiger partial charge in [-0.25, -0.2) is 4.98 Å². The standard InChI is InChI=1S/C24H18N4O2S2/c1-2-11-28-23(30)19-13-20(17-8-4-3-5-9-17)32-22(19)27-24(28)31-15-21(29)26-18-10-6-7-16(12-18)14-25/h2-10,12-13H,1,11,15H2,(H,26,29). The summed E-state index contributed by atoms with van der Waals surface area (Å²) in [7, 11) is 0. The summed E-state index contributed by atoms with van der Waals surface area (Å²) in [5.74, 6) is -0.177. The van der Waals surface area contributed by atoms with Crippen LogP contribution in [0.5, 0.6) is 0 Å². The summed E-state index contributed by atoms with van der Waals surface area (Å²) in [6.07, 6.45) is 1.64. The number of nitriles is 1. The molecule has 4 aromatic rings. The zero-order valence-corrected chi connectivity index (χ0v) is 18.6. The van der Waals surface area contributed by atoms with E-state index in [4.69, 9.17) is 5.26 Å². The van der Waals surface area contributed by atoms with Gasteiger partial charge in [0.2, 0.25) is 5.91 Å². The molecule has 0 spiro atoms. The largest absolute Gasteiger partial charge is 0.325 e. The predicted octanol–water partition coefficient (Wildman–Crippen LogP) is 4.91. The second-order valence-electron chi connectivity index (χ2n) is 6.82. The molecule has 6 nitrogen and oxygen atoms in total. The Morgan fingerprint density at radius 2 is 2.03 bits per heavy atom. The monoisotopic (exact) mass is 458 g/mol. The van der Waals surface area contributed by atoms with Crippen molar-refractivity contribution in [1.82, 2.24) is 9.55 Å². The van der Waals surface area contributed by atoms with Crippen molar-refractivity contribution < 1.29 is 4.79 Å². The van der Waals surface area contributed by atoms with E-state index in [0.717, 1.165) is 10.4 Å². The average Bonchev–Trinajstić information content (AvgIpc) is 3.25. The molecule has 0 fully saturated rings. The first-order valence-electron chi connectivity index (χ1n) is 9.72. The summed E-state index contributed by atoms with van der Waals surface area (Å²) in [6.45, 7) is 4.04. The lowest BCUT2D eigenvalue weighted by Crippen LogP contribution is -2.23. The van der Waals surface area contributed by atoms with Gasteiger partial charge in [-0.05, 0) is 29.8 Å². The first-order valence-corrected chi connectivity index (χ1v) is 11.5. The molecule has 2 aromatic heterocycles. The number of nitrogens with one attached hydrogen (secondary N) is 1. The summed E-state index contributed by atoms with van der Waals surface area (Å²) in [6, 6.07) is 20.5. The molecule has 0 aliphatic heterocycles. The number of benzene rings is 2. The highest BCUT2D eigenvalue weighted by atomic mass is 32.2. The minimum absolute atomic E-state index is 0.0722. The summed E-state index contributed by atoms with van der Waals surface area (Å²) < 4.78 is 1.53. The van der Waals surface area contributed by atoms with Crippen LogP contribution in [0.2, 0.25) is 0 Å². The number of thiophene rings is 1. The lowest BCUT2D eigenvalue weighted by atomic mass is 10.2. The van der Waals surface area contributed by atoms with Gasteiger partial charge in [0.1, 0.15) is 4.83 Å². The van der Waals surface area contributed by atoms with Crippen molar-refractivity contribution in [1.29, 1.82) is 5.26 Å². The maximum Gasteiger partial charge on any atom is 0.263 e. The summed E-state index contributed by atoms with van der Waals surface area (Å²) in [5.41, 5.74) is 1.89. The molecule has 2 heterocycles. The van der Waals surface area contributed by atoms with Gasteiger partial charge in [-0.1, -0.05) is 54.2 Å². The third-order valence-corrected chi connectivity index (χ3v) is 6.65. The number of fused-ring (bicyclic) bond motifs is 1. The van der Waals surface area contributed by atoms with Gasteiger partial charge >= 0.3 is 0 Å². The van der Waals surface area contributed by atoms with Gasteiger partial charge < -0.3 is 5.32 Å². The van der Waals surface area contributed by atoms with E-state index in [0.29, 0.717) is 33.2 Å². The van der Waals surface area contributed by atoms with Crippen molar-refractivity contribution >= 4 is 44.9 Å². The van der Waals surface area contributed by atoms with E-state index >= 15 is 0 Å². The number of nitrogens with zero attached hydrogens (tertiary/aromatic N) is 3. The van der Waals surface area contributed by atoms with Gasteiger partial charge in [-0.2, -0.15) is 5.26 Å². The normalized spacial score (nSPS) is 10.6. The number of carbonyl (C=O) groups is 1. The van der Waals surface area contributed by atoms with Crippen LogP contribution in [0.25, 0.3) is 20.7 Å². The zero-order valence-electron chi connectivity index (χ0n) is 16.9. The highest BCUT2D eigenvalue weighted by molar-refractivity contribution is 7.99. The van der Waals surface area contributed by atoms with Crippen LogP contribution < -0.4 is 10.9 Å². The van der Waals surface area contributed by atoms with Crippen LogP contribution in [-0.2, 0) is 11.3 Å². The topological polar surface area (TPSA) is 87.8 Å². The molecule has 2 aromatic carbocycles. The number of allylic oxidation sites excluding steroid dienone is 1. The molecule has 8 heteroatoms. The molecular formula is C24H18N4O2S2. The van der Waals surface area contributed by atoms with Gasteiger partial charge in [-0.15, -0.1) is 17.9 Å². The van der Waals surface area contributed by atoms with Gasteiger partial charge in [-0.3, -0.25) is 14.2 Å². The Labute approximate surface area is 192 Å². The molecule has 32 heavy (non-hydrogen) atoms. The molecule has 0 saturated carbocycles. The van der Waals surface area contributed by atoms with E-state index < -0.39 is 0 Å². The number of rotatable bonds is 7. The van der Waals surface area contributed by atoms with E-state index in [2.05, 4.69) is 16.9 Å².